The number of carbonyl (C=O) groups is 1. The van der Waals surface area contributed by atoms with Crippen molar-refractivity contribution in [1.29, 1.82) is 0 Å². The molecule has 0 bridgehead atoms. The normalized spacial score (nSPS) is 11.6. The van der Waals surface area contributed by atoms with Crippen molar-refractivity contribution >= 4 is 5.97 Å². The third-order valence-electron chi connectivity index (χ3n) is 2.22. The molecular weight excluding hydrogens is 202 g/mol. The van der Waals surface area contributed by atoms with Gasteiger partial charge in [-0.1, -0.05) is 26.8 Å². The first-order valence-corrected chi connectivity index (χ1v) is 5.88. The number of nitrogens with zero attached hydrogens (tertiary/aromatic N) is 1. The Hall–Kier alpha value is -0.830. The topological polar surface area (TPSA) is 29.5 Å². The summed E-state index contributed by atoms with van der Waals surface area (Å²) < 4.78 is 4.94. The number of hydrogen-bond acceptors (Lipinski definition) is 3. The molecule has 16 heavy (non-hydrogen) atoms. The summed E-state index contributed by atoms with van der Waals surface area (Å²) in [4.78, 5) is 13.4. The molecule has 0 fully saturated rings. The second-order valence-corrected chi connectivity index (χ2v) is 5.14. The fraction of sp³-hybridized carbons (Fsp3) is 0.769. The summed E-state index contributed by atoms with van der Waals surface area (Å²) in [6, 6.07) is 0. The summed E-state index contributed by atoms with van der Waals surface area (Å²) in [5.41, 5.74) is 0.286. The Bertz CT molecular complexity index is 218. The Morgan fingerprint density at radius 3 is 2.50 bits per heavy atom. The van der Waals surface area contributed by atoms with Gasteiger partial charge in [0.15, 0.2) is 0 Å². The van der Waals surface area contributed by atoms with Gasteiger partial charge in [0.05, 0.1) is 13.2 Å². The van der Waals surface area contributed by atoms with Crippen LogP contribution in [0.4, 0.5) is 0 Å². The molecule has 0 radical (unpaired) electrons. The first-order chi connectivity index (χ1) is 7.39. The van der Waals surface area contributed by atoms with Gasteiger partial charge in [0.1, 0.15) is 0 Å². The maximum atomic E-state index is 11.4. The molecule has 0 atom stereocenters. The van der Waals surface area contributed by atoms with Crippen LogP contribution in [0.25, 0.3) is 0 Å². The zero-order valence-electron chi connectivity index (χ0n) is 11.1. The molecule has 0 aromatic rings. The molecule has 0 aromatic heterocycles. The third kappa shape index (κ3) is 8.48. The first kappa shape index (κ1) is 15.2. The van der Waals surface area contributed by atoms with Crippen molar-refractivity contribution in [2.75, 3.05) is 26.2 Å². The molecule has 0 saturated carbocycles. The maximum Gasteiger partial charge on any atom is 0.320 e. The SMILES string of the molecule is C=CCN(CCC(C)(C)C)CC(=O)OCC. The minimum Gasteiger partial charge on any atom is -0.465 e. The van der Waals surface area contributed by atoms with E-state index in [4.69, 9.17) is 4.74 Å². The van der Waals surface area contributed by atoms with Gasteiger partial charge in [-0.3, -0.25) is 9.69 Å². The summed E-state index contributed by atoms with van der Waals surface area (Å²) in [7, 11) is 0. The summed E-state index contributed by atoms with van der Waals surface area (Å²) in [6.45, 7) is 14.6. The largest absolute Gasteiger partial charge is 0.465 e. The molecule has 0 N–H and O–H groups in total. The summed E-state index contributed by atoms with van der Waals surface area (Å²) in [5.74, 6) is -0.154. The van der Waals surface area contributed by atoms with Gasteiger partial charge in [0.2, 0.25) is 0 Å². The standard InChI is InChI=1S/C13H25NO2/c1-6-9-14(10-8-13(3,4)5)11-12(15)16-7-2/h6H,1,7-11H2,2-5H3. The molecular formula is C13H25NO2. The molecule has 0 saturated heterocycles. The van der Waals surface area contributed by atoms with Crippen LogP contribution in [0.2, 0.25) is 0 Å². The Balaban J connectivity index is 4.06. The monoisotopic (exact) mass is 227 g/mol. The fourth-order valence-corrected chi connectivity index (χ4v) is 1.30. The molecule has 0 aliphatic heterocycles. The van der Waals surface area contributed by atoms with Gasteiger partial charge in [0, 0.05) is 6.54 Å². The van der Waals surface area contributed by atoms with Gasteiger partial charge in [0.25, 0.3) is 0 Å². The molecule has 94 valence electrons. The van der Waals surface area contributed by atoms with Crippen molar-refractivity contribution in [2.45, 2.75) is 34.1 Å². The summed E-state index contributed by atoms with van der Waals surface area (Å²) in [5, 5.41) is 0. The molecule has 0 unspecified atom stereocenters. The highest BCUT2D eigenvalue weighted by Crippen LogP contribution is 2.18. The van der Waals surface area contributed by atoms with E-state index in [-0.39, 0.29) is 11.4 Å². The highest BCUT2D eigenvalue weighted by molar-refractivity contribution is 5.71. The summed E-state index contributed by atoms with van der Waals surface area (Å²) >= 11 is 0. The molecule has 3 heteroatoms. The van der Waals surface area contributed by atoms with E-state index in [2.05, 4.69) is 32.3 Å². The number of hydrogen-bond donors (Lipinski definition) is 0. The van der Waals surface area contributed by atoms with Crippen molar-refractivity contribution in [2.24, 2.45) is 5.41 Å². The molecule has 3 nitrogen and oxygen atoms in total. The number of carbonyl (C=O) groups excluding carboxylic acids is 1. The Morgan fingerprint density at radius 2 is 2.06 bits per heavy atom. The smallest absolute Gasteiger partial charge is 0.320 e. The van der Waals surface area contributed by atoms with Gasteiger partial charge >= 0.3 is 5.97 Å². The van der Waals surface area contributed by atoms with Crippen LogP contribution in [0, 0.1) is 5.41 Å². The average Bonchev–Trinajstić information content (AvgIpc) is 2.14. The van der Waals surface area contributed by atoms with Crippen molar-refractivity contribution in [3.05, 3.63) is 12.7 Å². The van der Waals surface area contributed by atoms with E-state index in [1.165, 1.54) is 0 Å². The number of ether oxygens (including phenoxy) is 1. The second kappa shape index (κ2) is 7.44. The fourth-order valence-electron chi connectivity index (χ4n) is 1.30. The first-order valence-electron chi connectivity index (χ1n) is 5.88. The van der Waals surface area contributed by atoms with Crippen molar-refractivity contribution in [1.82, 2.24) is 4.90 Å². The molecule has 0 spiro atoms. The van der Waals surface area contributed by atoms with E-state index in [0.29, 0.717) is 13.2 Å². The zero-order valence-corrected chi connectivity index (χ0v) is 11.1. The lowest BCUT2D eigenvalue weighted by atomic mass is 9.92. The predicted octanol–water partition coefficient (Wildman–Crippen LogP) is 2.47. The van der Waals surface area contributed by atoms with Crippen molar-refractivity contribution in [3.63, 3.8) is 0 Å². The average molecular weight is 227 g/mol. The maximum absolute atomic E-state index is 11.4. The number of esters is 1. The van der Waals surface area contributed by atoms with E-state index in [1.54, 1.807) is 0 Å². The van der Waals surface area contributed by atoms with Gasteiger partial charge in [-0.15, -0.1) is 6.58 Å². The van der Waals surface area contributed by atoms with E-state index in [9.17, 15) is 4.79 Å². The van der Waals surface area contributed by atoms with Crippen LogP contribution in [0.3, 0.4) is 0 Å². The second-order valence-electron chi connectivity index (χ2n) is 5.14. The van der Waals surface area contributed by atoms with Crippen LogP contribution >= 0.6 is 0 Å². The van der Waals surface area contributed by atoms with Gasteiger partial charge < -0.3 is 4.74 Å². The highest BCUT2D eigenvalue weighted by Gasteiger charge is 2.15. The summed E-state index contributed by atoms with van der Waals surface area (Å²) in [6.07, 6.45) is 2.88. The van der Waals surface area contributed by atoms with Crippen LogP contribution in [-0.2, 0) is 9.53 Å². The van der Waals surface area contributed by atoms with E-state index < -0.39 is 0 Å². The van der Waals surface area contributed by atoms with E-state index >= 15 is 0 Å². The van der Waals surface area contributed by atoms with Crippen molar-refractivity contribution < 1.29 is 9.53 Å². The minimum atomic E-state index is -0.154. The highest BCUT2D eigenvalue weighted by atomic mass is 16.5. The molecule has 0 amide bonds. The Kier molecular flexibility index (Phi) is 7.06. The zero-order chi connectivity index (χ0) is 12.6. The molecule has 0 aliphatic rings. The van der Waals surface area contributed by atoms with E-state index in [0.717, 1.165) is 19.5 Å². The molecule has 0 aromatic carbocycles. The van der Waals surface area contributed by atoms with Crippen molar-refractivity contribution in [3.8, 4) is 0 Å². The van der Waals surface area contributed by atoms with Gasteiger partial charge in [-0.05, 0) is 25.3 Å². The van der Waals surface area contributed by atoms with Crippen LogP contribution in [0.5, 0.6) is 0 Å². The van der Waals surface area contributed by atoms with Crippen LogP contribution < -0.4 is 0 Å². The van der Waals surface area contributed by atoms with Gasteiger partial charge in [-0.2, -0.15) is 0 Å². The van der Waals surface area contributed by atoms with Crippen LogP contribution in [-0.4, -0.2) is 37.1 Å². The molecule has 0 heterocycles. The minimum absolute atomic E-state index is 0.154. The van der Waals surface area contributed by atoms with E-state index in [1.807, 2.05) is 13.0 Å². The molecule has 0 aliphatic carbocycles. The molecule has 0 rings (SSSR count). The third-order valence-corrected chi connectivity index (χ3v) is 2.22. The lowest BCUT2D eigenvalue weighted by molar-refractivity contribution is -0.144. The predicted molar refractivity (Wildman–Crippen MR) is 67.3 cm³/mol. The lowest BCUT2D eigenvalue weighted by Crippen LogP contribution is -2.33. The number of rotatable bonds is 7. The van der Waals surface area contributed by atoms with Gasteiger partial charge in [-0.25, -0.2) is 0 Å². The van der Waals surface area contributed by atoms with Crippen LogP contribution in [0.15, 0.2) is 12.7 Å². The Labute approximate surface area is 99.5 Å². The van der Waals surface area contributed by atoms with Crippen LogP contribution in [0.1, 0.15) is 34.1 Å². The lowest BCUT2D eigenvalue weighted by Gasteiger charge is -2.25. The Morgan fingerprint density at radius 1 is 1.44 bits per heavy atom. The quantitative estimate of drug-likeness (QED) is 0.494.